The maximum absolute atomic E-state index is 13.5. The minimum atomic E-state index is -0.645. The summed E-state index contributed by atoms with van der Waals surface area (Å²) in [6.07, 6.45) is 0.840. The number of piperazine rings is 1. The number of ether oxygens (including phenoxy) is 1. The summed E-state index contributed by atoms with van der Waals surface area (Å²) in [5.74, 6) is -0.659. The first-order valence-corrected chi connectivity index (χ1v) is 12.8. The van der Waals surface area contributed by atoms with Crippen LogP contribution in [-0.4, -0.2) is 93.4 Å². The van der Waals surface area contributed by atoms with Gasteiger partial charge in [0.25, 0.3) is 0 Å². The fourth-order valence-corrected chi connectivity index (χ4v) is 4.80. The Hall–Kier alpha value is -2.59. The highest BCUT2D eigenvalue weighted by Gasteiger charge is 2.37. The number of benzene rings is 2. The number of nitrogens with one attached hydrogen (secondary N) is 2. The van der Waals surface area contributed by atoms with Crippen molar-refractivity contribution >= 4 is 23.4 Å². The number of rotatable bonds is 12. The minimum Gasteiger partial charge on any atom is -0.382 e. The highest BCUT2D eigenvalue weighted by molar-refractivity contribution is 6.30. The lowest BCUT2D eigenvalue weighted by atomic mass is 10.00. The van der Waals surface area contributed by atoms with Crippen LogP contribution in [0.5, 0.6) is 0 Å². The molecular weight excluding hydrogens is 502 g/mol. The number of hydrogen-bond acceptors (Lipinski definition) is 5. The fraction of sp³-hybridized carbons (Fsp3) is 0.481. The molecule has 7 nitrogen and oxygen atoms in total. The lowest BCUT2D eigenvalue weighted by Crippen LogP contribution is -2.63. The Bertz CT molecular complexity index is 1010. The molecule has 2 aromatic carbocycles. The Labute approximate surface area is 222 Å². The van der Waals surface area contributed by atoms with Crippen LogP contribution in [0.3, 0.4) is 0 Å². The predicted octanol–water partition coefficient (Wildman–Crippen LogP) is 2.47. The highest BCUT2D eigenvalue weighted by Crippen LogP contribution is 2.20. The summed E-state index contributed by atoms with van der Waals surface area (Å²) >= 11 is 6.02. The zero-order valence-corrected chi connectivity index (χ0v) is 22.0. The van der Waals surface area contributed by atoms with E-state index in [0.717, 1.165) is 11.1 Å². The predicted molar refractivity (Wildman–Crippen MR) is 140 cm³/mol. The molecule has 1 fully saturated rings. The van der Waals surface area contributed by atoms with E-state index in [0.29, 0.717) is 44.1 Å². The van der Waals surface area contributed by atoms with E-state index >= 15 is 0 Å². The molecule has 3 unspecified atom stereocenters. The molecule has 1 aliphatic rings. The molecule has 2 amide bonds. The van der Waals surface area contributed by atoms with Gasteiger partial charge in [0.15, 0.2) is 0 Å². The van der Waals surface area contributed by atoms with Gasteiger partial charge in [-0.15, -0.1) is 0 Å². The van der Waals surface area contributed by atoms with Gasteiger partial charge in [0, 0.05) is 38.3 Å². The number of carbonyl (C=O) groups is 2. The quantitative estimate of drug-likeness (QED) is 0.436. The molecular formula is C27H35ClF2N4O3. The number of amides is 2. The lowest BCUT2D eigenvalue weighted by Gasteiger charge is -2.44. The number of nitrogens with zero attached hydrogens (tertiary/aromatic N) is 2. The van der Waals surface area contributed by atoms with Crippen LogP contribution in [-0.2, 0) is 27.2 Å². The van der Waals surface area contributed by atoms with Crippen molar-refractivity contribution in [3.63, 3.8) is 0 Å². The van der Waals surface area contributed by atoms with Crippen molar-refractivity contribution in [2.75, 3.05) is 53.6 Å². The van der Waals surface area contributed by atoms with E-state index in [1.54, 1.807) is 43.3 Å². The zero-order valence-electron chi connectivity index (χ0n) is 21.3. The second-order valence-electron chi connectivity index (χ2n) is 9.13. The van der Waals surface area contributed by atoms with Crippen LogP contribution in [0.1, 0.15) is 11.1 Å². The molecule has 37 heavy (non-hydrogen) atoms. The van der Waals surface area contributed by atoms with Crippen molar-refractivity contribution in [3.05, 3.63) is 70.5 Å². The Morgan fingerprint density at radius 1 is 1.08 bits per heavy atom. The summed E-state index contributed by atoms with van der Waals surface area (Å²) in [6, 6.07) is 12.1. The molecule has 2 aromatic rings. The molecule has 1 saturated heterocycles. The maximum atomic E-state index is 13.5. The first-order valence-electron chi connectivity index (χ1n) is 12.4. The van der Waals surface area contributed by atoms with Crippen molar-refractivity contribution in [1.29, 1.82) is 0 Å². The number of hydrogen-bond donors (Lipinski definition) is 2. The van der Waals surface area contributed by atoms with Gasteiger partial charge in [0.1, 0.15) is 12.5 Å². The average Bonchev–Trinajstić information content (AvgIpc) is 2.91. The average molecular weight is 537 g/mol. The normalized spacial score (nSPS) is 17.9. The first kappa shape index (κ1) is 29.0. The molecule has 1 aliphatic heterocycles. The summed E-state index contributed by atoms with van der Waals surface area (Å²) in [5.41, 5.74) is 1.78. The van der Waals surface area contributed by atoms with Gasteiger partial charge in [-0.2, -0.15) is 0 Å². The van der Waals surface area contributed by atoms with Crippen molar-refractivity contribution < 1.29 is 23.1 Å². The second-order valence-corrected chi connectivity index (χ2v) is 9.57. The largest absolute Gasteiger partial charge is 0.382 e. The monoisotopic (exact) mass is 536 g/mol. The third-order valence-corrected chi connectivity index (χ3v) is 6.89. The Balaban J connectivity index is 1.75. The number of carbonyl (C=O) groups excluding carboxylic acids is 2. The lowest BCUT2D eigenvalue weighted by molar-refractivity contribution is -0.141. The zero-order chi connectivity index (χ0) is 26.8. The maximum Gasteiger partial charge on any atom is 0.240 e. The molecule has 2 N–H and O–H groups in total. The minimum absolute atomic E-state index is 0.0524. The van der Waals surface area contributed by atoms with Crippen molar-refractivity contribution in [1.82, 2.24) is 20.4 Å². The summed E-state index contributed by atoms with van der Waals surface area (Å²) in [6.45, 7) is 0.904. The smallest absolute Gasteiger partial charge is 0.240 e. The fourth-order valence-electron chi connectivity index (χ4n) is 4.68. The van der Waals surface area contributed by atoms with Gasteiger partial charge in [-0.3, -0.25) is 14.5 Å². The molecule has 0 radical (unpaired) electrons. The summed E-state index contributed by atoms with van der Waals surface area (Å²) < 4.78 is 31.5. The van der Waals surface area contributed by atoms with Gasteiger partial charge in [-0.1, -0.05) is 35.9 Å². The molecule has 0 spiro atoms. The molecule has 0 saturated carbocycles. The molecule has 3 rings (SSSR count). The third-order valence-electron chi connectivity index (χ3n) is 6.64. The molecule has 202 valence electrons. The van der Waals surface area contributed by atoms with Crippen LogP contribution in [0.2, 0.25) is 5.02 Å². The summed E-state index contributed by atoms with van der Waals surface area (Å²) in [7, 11) is 3.31. The van der Waals surface area contributed by atoms with E-state index in [1.165, 1.54) is 12.1 Å². The van der Waals surface area contributed by atoms with Crippen molar-refractivity contribution in [2.24, 2.45) is 0 Å². The van der Waals surface area contributed by atoms with Crippen molar-refractivity contribution in [3.8, 4) is 0 Å². The first-order chi connectivity index (χ1) is 17.9. The van der Waals surface area contributed by atoms with Gasteiger partial charge in [-0.25, -0.2) is 8.78 Å². The van der Waals surface area contributed by atoms with Crippen molar-refractivity contribution in [2.45, 2.75) is 31.0 Å². The molecule has 0 aliphatic carbocycles. The number of halogens is 3. The Kier molecular flexibility index (Phi) is 11.3. The number of methoxy groups -OCH3 is 1. The van der Waals surface area contributed by atoms with E-state index in [-0.39, 0.29) is 30.2 Å². The van der Waals surface area contributed by atoms with Gasteiger partial charge in [0.05, 0.1) is 24.7 Å². The topological polar surface area (TPSA) is 73.9 Å². The van der Waals surface area contributed by atoms with Crippen LogP contribution in [0.4, 0.5) is 8.78 Å². The molecule has 3 atom stereocenters. The summed E-state index contributed by atoms with van der Waals surface area (Å²) in [4.78, 5) is 30.4. The van der Waals surface area contributed by atoms with E-state index in [1.807, 2.05) is 17.0 Å². The number of likely N-dealkylation sites (N-methyl/N-ethyl adjacent to an activating group) is 1. The highest BCUT2D eigenvalue weighted by atomic mass is 35.5. The second kappa shape index (κ2) is 14.4. The van der Waals surface area contributed by atoms with Crippen LogP contribution in [0, 0.1) is 5.82 Å². The molecule has 1 heterocycles. The molecule has 0 bridgehead atoms. The summed E-state index contributed by atoms with van der Waals surface area (Å²) in [5, 5.41) is 6.36. The number of alkyl halides is 1. The Morgan fingerprint density at radius 2 is 1.73 bits per heavy atom. The van der Waals surface area contributed by atoms with E-state index in [9.17, 15) is 18.4 Å². The molecule has 10 heteroatoms. The standard InChI is InChI=1S/C27H35ClF2N4O3/c1-31-24(15-19-5-9-22(30)10-6-19)27(36)34-14-13-33(17-23(34)18-37-2)25(26(35)32-12-11-29)16-20-3-7-21(28)8-4-20/h3-10,23-25,31H,11-18H2,1-2H3,(H,32,35). The molecule has 0 aromatic heterocycles. The van der Waals surface area contributed by atoms with Gasteiger partial charge in [-0.05, 0) is 55.3 Å². The van der Waals surface area contributed by atoms with Crippen LogP contribution < -0.4 is 10.6 Å². The van der Waals surface area contributed by atoms with E-state index in [4.69, 9.17) is 16.3 Å². The van der Waals surface area contributed by atoms with E-state index in [2.05, 4.69) is 10.6 Å². The SMILES string of the molecule is CNC(Cc1ccc(F)cc1)C(=O)N1CCN(C(Cc2ccc(Cl)cc2)C(=O)NCCF)CC1COC. The third kappa shape index (κ3) is 8.20. The van der Waals surface area contributed by atoms with Crippen LogP contribution >= 0.6 is 11.6 Å². The van der Waals surface area contributed by atoms with Gasteiger partial charge in [0.2, 0.25) is 11.8 Å². The Morgan fingerprint density at radius 3 is 2.35 bits per heavy atom. The van der Waals surface area contributed by atoms with E-state index < -0.39 is 18.8 Å². The van der Waals surface area contributed by atoms with Gasteiger partial charge >= 0.3 is 0 Å². The van der Waals surface area contributed by atoms with Crippen LogP contribution in [0.15, 0.2) is 48.5 Å². The van der Waals surface area contributed by atoms with Crippen LogP contribution in [0.25, 0.3) is 0 Å². The van der Waals surface area contributed by atoms with Gasteiger partial charge < -0.3 is 20.3 Å².